The average Bonchev–Trinajstić information content (AvgIpc) is 2.48. The number of carbonyl (C=O) groups excluding carboxylic acids is 3. The van der Waals surface area contributed by atoms with Crippen molar-refractivity contribution in [1.82, 2.24) is 15.5 Å². The molecule has 0 saturated carbocycles. The number of amides is 2. The van der Waals surface area contributed by atoms with Crippen LogP contribution in [0, 0.1) is 11.8 Å². The Balaban J connectivity index is 2.65. The zero-order valence-corrected chi connectivity index (χ0v) is 15.6. The normalized spacial score (nSPS) is 17.7. The number of piperazine rings is 1. The van der Waals surface area contributed by atoms with Gasteiger partial charge >= 0.3 is 5.97 Å². The van der Waals surface area contributed by atoms with Gasteiger partial charge in [-0.3, -0.25) is 14.4 Å². The summed E-state index contributed by atoms with van der Waals surface area (Å²) in [6.07, 6.45) is 0.677. The first kappa shape index (κ1) is 20.3. The Morgan fingerprint density at radius 3 is 2.62 bits per heavy atom. The highest BCUT2D eigenvalue weighted by Crippen LogP contribution is 2.11. The molecule has 0 bridgehead atoms. The van der Waals surface area contributed by atoms with Crippen molar-refractivity contribution in [1.29, 1.82) is 0 Å². The van der Waals surface area contributed by atoms with Crippen LogP contribution in [-0.2, 0) is 19.1 Å². The monoisotopic (exact) mass is 357 g/mol. The number of esters is 1. The molecule has 0 radical (unpaired) electrons. The van der Waals surface area contributed by atoms with Gasteiger partial charge in [0.05, 0.1) is 13.0 Å². The average molecular weight is 357 g/mol. The number of hydrogen-bond acceptors (Lipinski definition) is 5. The lowest BCUT2D eigenvalue weighted by atomic mass is 10.1. The van der Waals surface area contributed by atoms with Gasteiger partial charge in [-0.2, -0.15) is 0 Å². The van der Waals surface area contributed by atoms with Crippen LogP contribution in [0.3, 0.4) is 0 Å². The minimum Gasteiger partial charge on any atom is -0.466 e. The van der Waals surface area contributed by atoms with Gasteiger partial charge in [0, 0.05) is 19.0 Å². The zero-order chi connectivity index (χ0) is 18.3. The number of nitrogens with one attached hydrogen (secondary N) is 2. The first-order chi connectivity index (χ1) is 11.2. The van der Waals surface area contributed by atoms with Crippen molar-refractivity contribution in [2.75, 3.05) is 19.7 Å². The van der Waals surface area contributed by atoms with Crippen molar-refractivity contribution in [2.45, 2.75) is 46.6 Å². The van der Waals surface area contributed by atoms with Gasteiger partial charge in [0.2, 0.25) is 11.8 Å². The molecule has 1 heterocycles. The van der Waals surface area contributed by atoms with E-state index in [4.69, 9.17) is 17.0 Å². The highest BCUT2D eigenvalue weighted by Gasteiger charge is 2.34. The molecular weight excluding hydrogens is 330 g/mol. The van der Waals surface area contributed by atoms with Crippen LogP contribution in [0.1, 0.15) is 40.5 Å². The molecule has 1 rings (SSSR count). The number of nitrogens with zero attached hydrogens (tertiary/aromatic N) is 1. The molecule has 1 unspecified atom stereocenters. The summed E-state index contributed by atoms with van der Waals surface area (Å²) in [6.45, 7) is 8.77. The summed E-state index contributed by atoms with van der Waals surface area (Å²) in [4.78, 5) is 37.5. The lowest BCUT2D eigenvalue weighted by Crippen LogP contribution is -2.60. The number of rotatable bonds is 6. The molecule has 1 aliphatic rings. The second-order valence-electron chi connectivity index (χ2n) is 6.56. The van der Waals surface area contributed by atoms with E-state index in [9.17, 15) is 14.4 Å². The Morgan fingerprint density at radius 2 is 2.04 bits per heavy atom. The predicted molar refractivity (Wildman–Crippen MR) is 94.1 cm³/mol. The quantitative estimate of drug-likeness (QED) is 0.541. The summed E-state index contributed by atoms with van der Waals surface area (Å²) in [7, 11) is 0. The van der Waals surface area contributed by atoms with E-state index in [1.54, 1.807) is 18.7 Å². The van der Waals surface area contributed by atoms with Gasteiger partial charge in [-0.25, -0.2) is 0 Å². The molecule has 2 N–H and O–H groups in total. The summed E-state index contributed by atoms with van der Waals surface area (Å²) in [5.41, 5.74) is 0. The van der Waals surface area contributed by atoms with Gasteiger partial charge in [0.1, 0.15) is 6.04 Å². The van der Waals surface area contributed by atoms with Crippen molar-refractivity contribution in [3.63, 3.8) is 0 Å². The van der Waals surface area contributed by atoms with Crippen LogP contribution in [-0.4, -0.2) is 53.5 Å². The van der Waals surface area contributed by atoms with E-state index >= 15 is 0 Å². The van der Waals surface area contributed by atoms with Crippen LogP contribution in [0.15, 0.2) is 0 Å². The van der Waals surface area contributed by atoms with Crippen LogP contribution in [0.4, 0.5) is 0 Å². The fourth-order valence-corrected chi connectivity index (χ4v) is 2.43. The third kappa shape index (κ3) is 6.43. The maximum Gasteiger partial charge on any atom is 0.308 e. The molecule has 7 nitrogen and oxygen atoms in total. The fourth-order valence-electron chi connectivity index (χ4n) is 2.11. The first-order valence-electron chi connectivity index (χ1n) is 8.27. The third-order valence-electron chi connectivity index (χ3n) is 3.66. The molecule has 2 amide bonds. The van der Waals surface area contributed by atoms with E-state index in [1.807, 2.05) is 13.8 Å². The molecule has 1 saturated heterocycles. The lowest BCUT2D eigenvalue weighted by Gasteiger charge is -2.36. The lowest BCUT2D eigenvalue weighted by molar-refractivity contribution is -0.147. The minimum atomic E-state index is -0.759. The Hall–Kier alpha value is -1.70. The summed E-state index contributed by atoms with van der Waals surface area (Å²) < 4.78 is 5.18. The Bertz CT molecular complexity index is 494. The fraction of sp³-hybridized carbons (Fsp3) is 0.750. The molecule has 0 aromatic heterocycles. The van der Waals surface area contributed by atoms with Gasteiger partial charge < -0.3 is 20.3 Å². The van der Waals surface area contributed by atoms with E-state index in [1.165, 1.54) is 0 Å². The van der Waals surface area contributed by atoms with Gasteiger partial charge in [-0.1, -0.05) is 27.7 Å². The molecule has 136 valence electrons. The second-order valence-corrected chi connectivity index (χ2v) is 6.94. The van der Waals surface area contributed by atoms with Crippen LogP contribution in [0.2, 0.25) is 0 Å². The van der Waals surface area contributed by atoms with Gasteiger partial charge in [-0.15, -0.1) is 0 Å². The number of ether oxygens (including phenoxy) is 1. The number of hydrogen-bond donors (Lipinski definition) is 2. The predicted octanol–water partition coefficient (Wildman–Crippen LogP) is 0.823. The van der Waals surface area contributed by atoms with Gasteiger partial charge in [-0.05, 0) is 24.6 Å². The molecular formula is C16H27N3O4S. The molecule has 8 heteroatoms. The number of carbonyl (C=O) groups is 3. The van der Waals surface area contributed by atoms with Crippen LogP contribution >= 0.6 is 12.2 Å². The van der Waals surface area contributed by atoms with Crippen molar-refractivity contribution >= 4 is 35.1 Å². The highest BCUT2D eigenvalue weighted by atomic mass is 32.1. The van der Waals surface area contributed by atoms with E-state index in [-0.39, 0.29) is 29.3 Å². The highest BCUT2D eigenvalue weighted by molar-refractivity contribution is 7.80. The Kier molecular flexibility index (Phi) is 8.10. The van der Waals surface area contributed by atoms with Crippen LogP contribution in [0.25, 0.3) is 0 Å². The molecule has 0 spiro atoms. The first-order valence-corrected chi connectivity index (χ1v) is 8.68. The van der Waals surface area contributed by atoms with Crippen molar-refractivity contribution in [2.24, 2.45) is 11.8 Å². The van der Waals surface area contributed by atoms with Crippen molar-refractivity contribution in [3.05, 3.63) is 0 Å². The van der Waals surface area contributed by atoms with Crippen molar-refractivity contribution in [3.8, 4) is 0 Å². The molecule has 1 fully saturated rings. The van der Waals surface area contributed by atoms with E-state index in [0.717, 1.165) is 6.42 Å². The zero-order valence-electron chi connectivity index (χ0n) is 14.8. The smallest absolute Gasteiger partial charge is 0.308 e. The standard InChI is InChI=1S/C16H27N3O4S/c1-10(2)5-8-23-13(20)9-12-15(22)17-6-7-19(12)16(24)18-14(21)11(3)4/h10-12H,5-9H2,1-4H3,(H,17,22)(H,18,21,24). The molecule has 0 aromatic rings. The minimum absolute atomic E-state index is 0.0956. The van der Waals surface area contributed by atoms with Crippen LogP contribution in [0.5, 0.6) is 0 Å². The van der Waals surface area contributed by atoms with Crippen LogP contribution < -0.4 is 10.6 Å². The molecule has 0 aliphatic carbocycles. The van der Waals surface area contributed by atoms with Crippen molar-refractivity contribution < 1.29 is 19.1 Å². The Morgan fingerprint density at radius 1 is 1.38 bits per heavy atom. The SMILES string of the molecule is CC(C)CCOC(=O)CC1C(=O)NCCN1C(=S)NC(=O)C(C)C. The molecule has 0 aromatic carbocycles. The Labute approximate surface area is 148 Å². The largest absolute Gasteiger partial charge is 0.466 e. The summed E-state index contributed by atoms with van der Waals surface area (Å²) in [5.74, 6) is -0.736. The third-order valence-corrected chi connectivity index (χ3v) is 4.00. The molecule has 1 atom stereocenters. The van der Waals surface area contributed by atoms with Gasteiger partial charge in [0.15, 0.2) is 5.11 Å². The summed E-state index contributed by atoms with van der Waals surface area (Å²) >= 11 is 5.24. The summed E-state index contributed by atoms with van der Waals surface area (Å²) in [5, 5.41) is 5.50. The summed E-state index contributed by atoms with van der Waals surface area (Å²) in [6, 6.07) is -0.759. The molecule has 24 heavy (non-hydrogen) atoms. The van der Waals surface area contributed by atoms with Gasteiger partial charge in [0.25, 0.3) is 0 Å². The maximum atomic E-state index is 12.1. The topological polar surface area (TPSA) is 87.7 Å². The van der Waals surface area contributed by atoms with E-state index in [0.29, 0.717) is 25.6 Å². The second kappa shape index (κ2) is 9.56. The number of thiocarbonyl (C=S) groups is 1. The van der Waals surface area contributed by atoms with E-state index in [2.05, 4.69) is 10.6 Å². The van der Waals surface area contributed by atoms with E-state index < -0.39 is 12.0 Å². The maximum absolute atomic E-state index is 12.1. The molecule has 1 aliphatic heterocycles.